The van der Waals surface area contributed by atoms with Gasteiger partial charge in [0.15, 0.2) is 0 Å². The predicted molar refractivity (Wildman–Crippen MR) is 407 cm³/mol. The second-order valence-electron chi connectivity index (χ2n) is 46.6. The van der Waals surface area contributed by atoms with Gasteiger partial charge in [0, 0.05) is 17.8 Å². The van der Waals surface area contributed by atoms with E-state index in [1.54, 1.807) is 13.8 Å². The van der Waals surface area contributed by atoms with Crippen molar-refractivity contribution >= 4 is 0 Å². The molecule has 15 fully saturated rings. The standard InChI is InChI=1S/2C30H50O5.C30H52O5/c1-24(2)20(33)8-11-30-16-29(30)13-12-26(5)23(28(7)10-9-21(35-28)25(3,4)34)18(32)15-27(26,6)19(29)14-17(31)22(24)30;1-25(2)21(33)10-12-27(5)17-9-13-28(6)24(30(8)14-11-22(35-30)26(3,4)34)20(32)16-29(28,7)18(17)15-19(31)23(25)27;1-17(8-9-22(34)26(4,5)35)23-19(32)15-28(7)20-14-18(31)24-25(2,3)21(33)10-11-30(24)16-29(20,30)13-12-27(23,28)6/h17-23,31-34H,8-16H2,1-7H3;9,18-24,31-34H,10-16H2,1-8H3;17-24,31-35H,8-16H2,1-7H3/t17-,18-,19?,20-,21-,22?,23-,26+,27-,28+,29-,30+;18?,19-,20-,21-,22-,23?,24-,27+,28+,29-,30+;17-,18+,19+,20?,21+,22+,23+,24?,27-,28+,29+,30-/m001/s1. The Morgan fingerprint density at radius 3 is 1.26 bits per heavy atom. The lowest BCUT2D eigenvalue weighted by Crippen LogP contribution is -2.62. The smallest absolute Gasteiger partial charge is 0.0865 e. The first-order valence-electron chi connectivity index (χ1n) is 42.9. The number of aliphatic hydroxyl groups is 13. The average Bonchev–Trinajstić information content (AvgIpc) is 1.46. The first-order valence-corrected chi connectivity index (χ1v) is 42.9. The van der Waals surface area contributed by atoms with E-state index in [9.17, 15) is 66.4 Å². The van der Waals surface area contributed by atoms with E-state index in [2.05, 4.69) is 117 Å². The Kier molecular flexibility index (Phi) is 18.7. The third-order valence-electron chi connectivity index (χ3n) is 39.7. The van der Waals surface area contributed by atoms with Crippen LogP contribution in [0.4, 0.5) is 0 Å². The lowest BCUT2D eigenvalue weighted by Gasteiger charge is -2.65. The number of hydrogen-bond acceptors (Lipinski definition) is 15. The Labute approximate surface area is 633 Å². The van der Waals surface area contributed by atoms with Crippen LogP contribution in [0.3, 0.4) is 0 Å². The molecular formula is C90H152O15. The van der Waals surface area contributed by atoms with Crippen molar-refractivity contribution in [3.8, 4) is 0 Å². The Morgan fingerprint density at radius 1 is 0.410 bits per heavy atom. The molecular weight excluding hydrogens is 1320 g/mol. The summed E-state index contributed by atoms with van der Waals surface area (Å²) in [5, 5.41) is 144. The van der Waals surface area contributed by atoms with Crippen LogP contribution in [0.25, 0.3) is 0 Å². The lowest BCUT2D eigenvalue weighted by molar-refractivity contribution is -0.213. The van der Waals surface area contributed by atoms with Gasteiger partial charge in [0.25, 0.3) is 0 Å². The molecule has 35 atom stereocenters. The van der Waals surface area contributed by atoms with Gasteiger partial charge in [0.1, 0.15) is 0 Å². The molecule has 0 aromatic rings. The molecule has 0 aromatic heterocycles. The van der Waals surface area contributed by atoms with Crippen LogP contribution in [-0.2, 0) is 9.47 Å². The number of allylic oxidation sites excluding steroid dienone is 2. The number of aliphatic hydroxyl groups excluding tert-OH is 10. The quantitative estimate of drug-likeness (QED) is 0.0956. The maximum absolute atomic E-state index is 11.7. The van der Waals surface area contributed by atoms with Gasteiger partial charge in [-0.1, -0.05) is 109 Å². The summed E-state index contributed by atoms with van der Waals surface area (Å²) in [6, 6.07) is 0. The fourth-order valence-corrected chi connectivity index (χ4v) is 34.2. The zero-order valence-electron chi connectivity index (χ0n) is 69.6. The Bertz CT molecular complexity index is 3350. The Balaban J connectivity index is 0.000000133. The first kappa shape index (κ1) is 80.7. The molecule has 105 heavy (non-hydrogen) atoms. The third kappa shape index (κ3) is 10.7. The molecule has 14 aliphatic carbocycles. The highest BCUT2D eigenvalue weighted by Crippen LogP contribution is 2.91. The lowest BCUT2D eigenvalue weighted by atomic mass is 9.40. The van der Waals surface area contributed by atoms with E-state index in [1.165, 1.54) is 24.8 Å². The van der Waals surface area contributed by atoms with E-state index in [0.717, 1.165) is 122 Å². The van der Waals surface area contributed by atoms with Crippen molar-refractivity contribution in [2.24, 2.45) is 135 Å². The number of hydrogen-bond donors (Lipinski definition) is 13. The molecule has 2 aliphatic heterocycles. The molecule has 4 spiro atoms. The molecule has 15 heteroatoms. The molecule has 0 aromatic carbocycles. The van der Waals surface area contributed by atoms with Crippen molar-refractivity contribution in [3.05, 3.63) is 11.6 Å². The minimum atomic E-state index is -1.11. The van der Waals surface area contributed by atoms with Crippen LogP contribution < -0.4 is 0 Å². The van der Waals surface area contributed by atoms with E-state index in [-0.39, 0.29) is 154 Å². The Hall–Kier alpha value is -0.860. The van der Waals surface area contributed by atoms with Gasteiger partial charge < -0.3 is 75.9 Å². The topological polar surface area (TPSA) is 281 Å². The molecule has 15 nitrogen and oxygen atoms in total. The molecule has 2 heterocycles. The maximum atomic E-state index is 11.7. The van der Waals surface area contributed by atoms with Gasteiger partial charge >= 0.3 is 0 Å². The minimum Gasteiger partial charge on any atom is -0.393 e. The molecule has 2 saturated heterocycles. The van der Waals surface area contributed by atoms with E-state index < -0.39 is 70.7 Å². The van der Waals surface area contributed by atoms with E-state index in [1.807, 2.05) is 27.7 Å². The molecule has 13 N–H and O–H groups in total. The predicted octanol–water partition coefficient (Wildman–Crippen LogP) is 13.3. The SMILES string of the molecule is CC(C)(O)[C@@H]1CC[C@](C)([C@H]2[C@@H](O)C[C@@]3(C)C4C[C@H](O)C5C(C)(C)[C@@H](O)CC[C@@]56C[C@@]46CC[C@]23C)O1.CC(C)(O)[C@@H]1CC[C@](C)([C@H]2[C@@H](O)C[C@@]3(C)C4C[C@H](O)C5C(C)(C)[C@@H](O)CC[C@]5(C)C4=CC[C@]23C)O1.C[C@H](CC[C@H](O)C(C)(C)O)[C@H]1[C@@H](O)C[C@@]2(C)C3C[C@H](O)C4C(C)(C)[C@@H](O)CC[C@@]45C[C@@]35CC[C@]12C. The molecule has 16 rings (SSSR count). The average molecular weight is 1470 g/mol. The summed E-state index contributed by atoms with van der Waals surface area (Å²) in [5.41, 5.74) is -3.11. The van der Waals surface area contributed by atoms with Crippen LogP contribution in [-0.4, -0.2) is 168 Å². The summed E-state index contributed by atoms with van der Waals surface area (Å²) < 4.78 is 13.3. The van der Waals surface area contributed by atoms with Gasteiger partial charge in [-0.15, -0.1) is 0 Å². The van der Waals surface area contributed by atoms with Crippen molar-refractivity contribution in [3.63, 3.8) is 0 Å². The van der Waals surface area contributed by atoms with Crippen molar-refractivity contribution in [1.82, 2.24) is 0 Å². The zero-order chi connectivity index (χ0) is 77.6. The zero-order valence-corrected chi connectivity index (χ0v) is 69.6. The van der Waals surface area contributed by atoms with Crippen LogP contribution in [0.15, 0.2) is 11.6 Å². The molecule has 6 unspecified atom stereocenters. The fourth-order valence-electron chi connectivity index (χ4n) is 34.2. The summed E-state index contributed by atoms with van der Waals surface area (Å²) in [5.74, 6) is 1.75. The molecule has 0 bridgehead atoms. The summed E-state index contributed by atoms with van der Waals surface area (Å²) in [6.45, 7) is 46.9. The molecule has 0 radical (unpaired) electrons. The summed E-state index contributed by atoms with van der Waals surface area (Å²) >= 11 is 0. The van der Waals surface area contributed by atoms with E-state index in [0.29, 0.717) is 31.1 Å². The van der Waals surface area contributed by atoms with Crippen molar-refractivity contribution in [2.75, 3.05) is 0 Å². The Morgan fingerprint density at radius 2 is 0.810 bits per heavy atom. The molecule has 16 aliphatic rings. The van der Waals surface area contributed by atoms with Crippen molar-refractivity contribution < 1.29 is 75.9 Å². The van der Waals surface area contributed by atoms with Crippen LogP contribution in [0.2, 0.25) is 0 Å². The number of rotatable bonds is 9. The highest BCUT2D eigenvalue weighted by molar-refractivity contribution is 5.38. The van der Waals surface area contributed by atoms with Crippen molar-refractivity contribution in [2.45, 2.75) is 414 Å². The summed E-state index contributed by atoms with van der Waals surface area (Å²) in [7, 11) is 0. The molecule has 13 saturated carbocycles. The number of ether oxygens (including phenoxy) is 2. The molecule has 602 valence electrons. The maximum Gasteiger partial charge on any atom is 0.0865 e. The highest BCUT2D eigenvalue weighted by atomic mass is 16.5. The second-order valence-corrected chi connectivity index (χ2v) is 46.6. The van der Waals surface area contributed by atoms with Crippen LogP contribution >= 0.6 is 0 Å². The fraction of sp³-hybridized carbons (Fsp3) is 0.978. The number of fused-ring (bicyclic) bond motifs is 9. The summed E-state index contributed by atoms with van der Waals surface area (Å²) in [6.07, 6.45) is 20.0. The van der Waals surface area contributed by atoms with E-state index in [4.69, 9.17) is 9.47 Å². The summed E-state index contributed by atoms with van der Waals surface area (Å²) in [4.78, 5) is 0. The third-order valence-corrected chi connectivity index (χ3v) is 39.7. The van der Waals surface area contributed by atoms with Gasteiger partial charge in [0.05, 0.1) is 101 Å². The monoisotopic (exact) mass is 1470 g/mol. The van der Waals surface area contributed by atoms with Gasteiger partial charge in [-0.25, -0.2) is 0 Å². The normalized spacial score (nSPS) is 56.9. The molecule has 0 amide bonds. The van der Waals surface area contributed by atoms with Gasteiger partial charge in [-0.05, 0) is 333 Å². The minimum absolute atomic E-state index is 0.0124. The van der Waals surface area contributed by atoms with Crippen LogP contribution in [0.1, 0.15) is 313 Å². The van der Waals surface area contributed by atoms with Crippen LogP contribution in [0, 0.1) is 135 Å². The van der Waals surface area contributed by atoms with Gasteiger partial charge in [-0.2, -0.15) is 0 Å². The largest absolute Gasteiger partial charge is 0.393 e. The van der Waals surface area contributed by atoms with E-state index >= 15 is 0 Å². The van der Waals surface area contributed by atoms with Gasteiger partial charge in [-0.3, -0.25) is 0 Å². The van der Waals surface area contributed by atoms with Crippen LogP contribution in [0.5, 0.6) is 0 Å². The highest BCUT2D eigenvalue weighted by Gasteiger charge is 2.87. The second kappa shape index (κ2) is 24.4. The first-order chi connectivity index (χ1) is 47.9. The van der Waals surface area contributed by atoms with Gasteiger partial charge in [0.2, 0.25) is 0 Å². The van der Waals surface area contributed by atoms with Crippen molar-refractivity contribution in [1.29, 1.82) is 0 Å².